The number of carbonyl (C=O) groups excluding carboxylic acids is 1. The molecule has 3 nitrogen and oxygen atoms in total. The topological polar surface area (TPSA) is 23.6 Å². The quantitative estimate of drug-likeness (QED) is 0.741. The number of piperidine rings is 2. The van der Waals surface area contributed by atoms with E-state index in [2.05, 4.69) is 18.7 Å². The van der Waals surface area contributed by atoms with Crippen molar-refractivity contribution >= 4 is 5.91 Å². The molecule has 2 rings (SSSR count). The van der Waals surface area contributed by atoms with Crippen LogP contribution in [-0.2, 0) is 4.79 Å². The first-order chi connectivity index (χ1) is 9.16. The molecule has 0 bridgehead atoms. The van der Waals surface area contributed by atoms with Crippen molar-refractivity contribution in [1.82, 2.24) is 9.80 Å². The predicted molar refractivity (Wildman–Crippen MR) is 70.2 cm³/mol. The van der Waals surface area contributed by atoms with Crippen molar-refractivity contribution in [3.05, 3.63) is 0 Å². The summed E-state index contributed by atoms with van der Waals surface area (Å²) < 4.78 is 40.0. The molecule has 1 spiro atoms. The average Bonchev–Trinajstić information content (AvgIpc) is 2.33. The molecule has 0 saturated carbocycles. The highest BCUT2D eigenvalue weighted by Gasteiger charge is 2.57. The smallest absolute Gasteiger partial charge is 0.345 e. The first-order valence-corrected chi connectivity index (χ1v) is 7.20. The molecule has 0 aromatic rings. The van der Waals surface area contributed by atoms with Gasteiger partial charge in [0.25, 0.3) is 0 Å². The highest BCUT2D eigenvalue weighted by atomic mass is 19.4. The fourth-order valence-electron chi connectivity index (χ4n) is 3.67. The highest BCUT2D eigenvalue weighted by Crippen LogP contribution is 2.51. The summed E-state index contributed by atoms with van der Waals surface area (Å²) in [7, 11) is 1.62. The van der Waals surface area contributed by atoms with Gasteiger partial charge in [-0.25, -0.2) is 0 Å². The highest BCUT2D eigenvalue weighted by molar-refractivity contribution is 5.77. The van der Waals surface area contributed by atoms with Gasteiger partial charge in [-0.05, 0) is 39.8 Å². The Morgan fingerprint density at radius 3 is 2.25 bits per heavy atom. The Morgan fingerprint density at radius 1 is 1.25 bits per heavy atom. The molecule has 1 atom stereocenters. The fraction of sp³-hybridized carbons (Fsp3) is 0.929. The molecular formula is C14H23F3N2O. The molecule has 2 saturated heterocycles. The third-order valence-electron chi connectivity index (χ3n) is 5.01. The van der Waals surface area contributed by atoms with Crippen molar-refractivity contribution < 1.29 is 18.0 Å². The van der Waals surface area contributed by atoms with Crippen molar-refractivity contribution in [1.29, 1.82) is 0 Å². The minimum Gasteiger partial charge on any atom is -0.345 e. The van der Waals surface area contributed by atoms with Crippen molar-refractivity contribution in [3.63, 3.8) is 0 Å². The lowest BCUT2D eigenvalue weighted by molar-refractivity contribution is -0.229. The third-order valence-corrected chi connectivity index (χ3v) is 5.01. The molecule has 1 amide bonds. The Balaban J connectivity index is 2.20. The van der Waals surface area contributed by atoms with Crippen molar-refractivity contribution in [3.8, 4) is 0 Å². The maximum atomic E-state index is 13.3. The van der Waals surface area contributed by atoms with Gasteiger partial charge in [-0.2, -0.15) is 13.2 Å². The third kappa shape index (κ3) is 2.80. The van der Waals surface area contributed by atoms with Crippen molar-refractivity contribution in [2.45, 2.75) is 45.3 Å². The lowest BCUT2D eigenvalue weighted by Crippen LogP contribution is -2.58. The largest absolute Gasteiger partial charge is 0.392 e. The summed E-state index contributed by atoms with van der Waals surface area (Å²) in [5, 5.41) is 0. The number of nitrogens with zero attached hydrogens (tertiary/aromatic N) is 2. The minimum absolute atomic E-state index is 0.238. The van der Waals surface area contributed by atoms with Crippen LogP contribution >= 0.6 is 0 Å². The van der Waals surface area contributed by atoms with Gasteiger partial charge in [0.1, 0.15) is 0 Å². The van der Waals surface area contributed by atoms with Crippen LogP contribution in [0.25, 0.3) is 0 Å². The number of rotatable bonds is 1. The molecule has 0 aliphatic carbocycles. The van der Waals surface area contributed by atoms with E-state index in [1.807, 2.05) is 0 Å². The number of hydrogen-bond acceptors (Lipinski definition) is 2. The molecule has 0 unspecified atom stereocenters. The van der Waals surface area contributed by atoms with Gasteiger partial charge in [-0.15, -0.1) is 0 Å². The molecule has 20 heavy (non-hydrogen) atoms. The average molecular weight is 292 g/mol. The number of alkyl halides is 3. The van der Waals surface area contributed by atoms with E-state index in [9.17, 15) is 18.0 Å². The zero-order chi connectivity index (χ0) is 15.1. The van der Waals surface area contributed by atoms with E-state index in [1.165, 1.54) is 4.90 Å². The van der Waals surface area contributed by atoms with Crippen LogP contribution in [0.4, 0.5) is 13.2 Å². The SMILES string of the molecule is CC(C)N1CCC2(CC1)CN(C)C(=O)C[C@@H]2C(F)(F)F. The first-order valence-electron chi connectivity index (χ1n) is 7.20. The fourth-order valence-corrected chi connectivity index (χ4v) is 3.67. The number of likely N-dealkylation sites (tertiary alicyclic amines) is 2. The molecule has 0 N–H and O–H groups in total. The second-order valence-electron chi connectivity index (χ2n) is 6.54. The van der Waals surface area contributed by atoms with Crippen molar-refractivity contribution in [2.75, 3.05) is 26.7 Å². The normalized spacial score (nSPS) is 28.4. The Hall–Kier alpha value is -0.780. The summed E-state index contributed by atoms with van der Waals surface area (Å²) in [6.07, 6.45) is -3.63. The van der Waals surface area contributed by atoms with Crippen LogP contribution in [0.5, 0.6) is 0 Å². The summed E-state index contributed by atoms with van der Waals surface area (Å²) in [5.74, 6) is -1.86. The maximum absolute atomic E-state index is 13.3. The van der Waals surface area contributed by atoms with E-state index in [0.29, 0.717) is 32.0 Å². The lowest BCUT2D eigenvalue weighted by Gasteiger charge is -2.52. The van der Waals surface area contributed by atoms with Crippen LogP contribution in [0.2, 0.25) is 0 Å². The van der Waals surface area contributed by atoms with Gasteiger partial charge in [0.05, 0.1) is 5.92 Å². The molecule has 2 fully saturated rings. The molecule has 2 heterocycles. The first kappa shape index (κ1) is 15.6. The summed E-state index contributed by atoms with van der Waals surface area (Å²) in [6, 6.07) is 0.361. The van der Waals surface area contributed by atoms with E-state index in [0.717, 1.165) is 0 Å². The van der Waals surface area contributed by atoms with E-state index >= 15 is 0 Å². The summed E-state index contributed by atoms with van der Waals surface area (Å²) in [5.41, 5.74) is -0.785. The van der Waals surface area contributed by atoms with Crippen LogP contribution in [-0.4, -0.2) is 54.6 Å². The maximum Gasteiger partial charge on any atom is 0.392 e. The van der Waals surface area contributed by atoms with Crippen LogP contribution in [0.15, 0.2) is 0 Å². The lowest BCUT2D eigenvalue weighted by atomic mass is 9.64. The molecule has 2 aliphatic heterocycles. The molecule has 116 valence electrons. The Morgan fingerprint density at radius 2 is 1.80 bits per heavy atom. The Bertz CT molecular complexity index is 373. The molecule has 0 aromatic carbocycles. The van der Waals surface area contributed by atoms with Gasteiger partial charge >= 0.3 is 6.18 Å². The summed E-state index contributed by atoms with van der Waals surface area (Å²) in [4.78, 5) is 15.4. The minimum atomic E-state index is -4.28. The van der Waals surface area contributed by atoms with Crippen LogP contribution in [0, 0.1) is 11.3 Å². The summed E-state index contributed by atoms with van der Waals surface area (Å²) >= 11 is 0. The number of carbonyl (C=O) groups is 1. The Labute approximate surface area is 118 Å². The monoisotopic (exact) mass is 292 g/mol. The van der Waals surface area contributed by atoms with Crippen LogP contribution in [0.1, 0.15) is 33.1 Å². The zero-order valence-electron chi connectivity index (χ0n) is 12.3. The van der Waals surface area contributed by atoms with Gasteiger partial charge in [0, 0.05) is 31.5 Å². The van der Waals surface area contributed by atoms with Gasteiger partial charge < -0.3 is 9.80 Å². The Kier molecular flexibility index (Phi) is 4.06. The van der Waals surface area contributed by atoms with E-state index < -0.39 is 17.5 Å². The second-order valence-corrected chi connectivity index (χ2v) is 6.54. The number of amides is 1. The van der Waals surface area contributed by atoms with Gasteiger partial charge in [-0.3, -0.25) is 4.79 Å². The second kappa shape index (κ2) is 5.20. The van der Waals surface area contributed by atoms with Gasteiger partial charge in [-0.1, -0.05) is 0 Å². The molecule has 2 aliphatic rings. The molecule has 0 radical (unpaired) electrons. The van der Waals surface area contributed by atoms with Crippen LogP contribution < -0.4 is 0 Å². The van der Waals surface area contributed by atoms with E-state index in [4.69, 9.17) is 0 Å². The van der Waals surface area contributed by atoms with Gasteiger partial charge in [0.15, 0.2) is 0 Å². The standard InChI is InChI=1S/C14H23F3N2O/c1-10(2)19-6-4-13(5-7-19)9-18(3)12(20)8-11(13)14(15,16)17/h10-11H,4-9H2,1-3H3/t11-/m0/s1. The predicted octanol–water partition coefficient (Wildman–Crippen LogP) is 2.52. The zero-order valence-corrected chi connectivity index (χ0v) is 12.3. The van der Waals surface area contributed by atoms with Gasteiger partial charge in [0.2, 0.25) is 5.91 Å². The van der Waals surface area contributed by atoms with Crippen LogP contribution in [0.3, 0.4) is 0 Å². The molecular weight excluding hydrogens is 269 g/mol. The molecule has 0 aromatic heterocycles. The number of halogens is 3. The van der Waals surface area contributed by atoms with Crippen molar-refractivity contribution in [2.24, 2.45) is 11.3 Å². The van der Waals surface area contributed by atoms with E-state index in [1.54, 1.807) is 7.05 Å². The number of hydrogen-bond donors (Lipinski definition) is 0. The summed E-state index contributed by atoms with van der Waals surface area (Å²) in [6.45, 7) is 5.74. The molecule has 6 heteroatoms. The van der Waals surface area contributed by atoms with E-state index in [-0.39, 0.29) is 18.9 Å².